The van der Waals surface area contributed by atoms with E-state index in [-0.39, 0.29) is 5.71 Å². The van der Waals surface area contributed by atoms with Crippen LogP contribution in [0.4, 0.5) is 5.69 Å². The highest BCUT2D eigenvalue weighted by Gasteiger charge is 2.15. The number of hydrogen-bond donors (Lipinski definition) is 2. The third-order valence-corrected chi connectivity index (χ3v) is 4.97. The third kappa shape index (κ3) is 5.16. The maximum atomic E-state index is 11.5. The molecule has 0 radical (unpaired) electrons. The summed E-state index contributed by atoms with van der Waals surface area (Å²) in [6, 6.07) is 11.6. The third-order valence-electron chi connectivity index (χ3n) is 4.79. The summed E-state index contributed by atoms with van der Waals surface area (Å²) in [5, 5.41) is 0.949. The predicted molar refractivity (Wildman–Crippen MR) is 120 cm³/mol. The molecule has 0 unspecified atom stereocenters. The van der Waals surface area contributed by atoms with Crippen LogP contribution in [0.2, 0.25) is 0 Å². The first-order valence-corrected chi connectivity index (χ1v) is 9.49. The van der Waals surface area contributed by atoms with Crippen molar-refractivity contribution in [1.29, 1.82) is 0 Å². The summed E-state index contributed by atoms with van der Waals surface area (Å²) in [6.45, 7) is 6.08. The number of aryl methyl sites for hydroxylation is 2. The molecule has 0 aliphatic carbocycles. The highest BCUT2D eigenvalue weighted by Crippen LogP contribution is 2.27. The number of aliphatic imine (C=N–C) groups is 1. The zero-order valence-electron chi connectivity index (χ0n) is 17.4. The Morgan fingerprint density at radius 3 is 2.45 bits per heavy atom. The van der Waals surface area contributed by atoms with Crippen LogP contribution in [-0.4, -0.2) is 25.0 Å². The fraction of sp³-hybridized carbons (Fsp3) is 0.273. The number of halogens is 1. The highest BCUT2D eigenvalue weighted by atomic mass is 35.5. The number of hydrazine groups is 1. The highest BCUT2D eigenvalue weighted by molar-refractivity contribution is 6.84. The fourth-order valence-electron chi connectivity index (χ4n) is 3.08. The van der Waals surface area contributed by atoms with Gasteiger partial charge >= 0.3 is 0 Å². The Balaban J connectivity index is 2.29. The second kappa shape index (κ2) is 9.58. The van der Waals surface area contributed by atoms with Crippen molar-refractivity contribution in [3.05, 3.63) is 64.2 Å². The van der Waals surface area contributed by atoms with Crippen molar-refractivity contribution in [3.63, 3.8) is 0 Å². The Hall–Kier alpha value is -2.83. The molecule has 0 aliphatic rings. The lowest BCUT2D eigenvalue weighted by Crippen LogP contribution is -2.26. The van der Waals surface area contributed by atoms with Crippen LogP contribution in [0.1, 0.15) is 29.2 Å². The van der Waals surface area contributed by atoms with Crippen molar-refractivity contribution < 1.29 is 9.53 Å². The lowest BCUT2D eigenvalue weighted by Gasteiger charge is -2.20. The molecule has 154 valence electrons. The number of carbonyl (C=O) groups is 1. The van der Waals surface area contributed by atoms with Crippen LogP contribution in [0.3, 0.4) is 0 Å². The van der Waals surface area contributed by atoms with E-state index in [2.05, 4.69) is 4.99 Å². The Morgan fingerprint density at radius 1 is 1.21 bits per heavy atom. The zero-order chi connectivity index (χ0) is 21.7. The normalized spacial score (nSPS) is 12.4. The van der Waals surface area contributed by atoms with Crippen molar-refractivity contribution >= 4 is 33.9 Å². The first kappa shape index (κ1) is 22.5. The van der Waals surface area contributed by atoms with Gasteiger partial charge in [0.1, 0.15) is 18.1 Å². The number of rotatable bonds is 7. The Kier molecular flexibility index (Phi) is 7.42. The summed E-state index contributed by atoms with van der Waals surface area (Å²) in [4.78, 5) is 15.4. The number of nitrogens with zero attached hydrogens (tertiary/aromatic N) is 2. The molecule has 6 nitrogen and oxygen atoms in total. The number of allylic oxidation sites excluding steroid dienone is 1. The Morgan fingerprint density at radius 2 is 1.90 bits per heavy atom. The lowest BCUT2D eigenvalue weighted by atomic mass is 10.0. The first-order valence-electron chi connectivity index (χ1n) is 9.11. The van der Waals surface area contributed by atoms with E-state index in [1.807, 2.05) is 50.2 Å². The minimum absolute atomic E-state index is 0.153. The second-order valence-corrected chi connectivity index (χ2v) is 7.18. The molecule has 7 heteroatoms. The summed E-state index contributed by atoms with van der Waals surface area (Å²) < 4.78 is 6.06. The predicted octanol–water partition coefficient (Wildman–Crippen LogP) is 3.72. The van der Waals surface area contributed by atoms with E-state index in [0.29, 0.717) is 17.9 Å². The molecule has 0 saturated carbocycles. The van der Waals surface area contributed by atoms with Crippen LogP contribution in [0, 0.1) is 13.8 Å². The number of ether oxygens (including phenoxy) is 1. The van der Waals surface area contributed by atoms with Gasteiger partial charge in [-0.2, -0.15) is 0 Å². The van der Waals surface area contributed by atoms with Crippen molar-refractivity contribution in [1.82, 2.24) is 0 Å². The average molecular weight is 415 g/mol. The maximum Gasteiger partial charge on any atom is 0.270 e. The smallest absolute Gasteiger partial charge is 0.270 e. The first-order chi connectivity index (χ1) is 13.7. The molecule has 4 N–H and O–H groups in total. The van der Waals surface area contributed by atoms with Crippen molar-refractivity contribution in [2.24, 2.45) is 16.6 Å². The quantitative estimate of drug-likeness (QED) is 0.311. The van der Waals surface area contributed by atoms with E-state index in [1.165, 1.54) is 7.05 Å². The van der Waals surface area contributed by atoms with Crippen LogP contribution in [-0.2, 0) is 11.4 Å². The van der Waals surface area contributed by atoms with Gasteiger partial charge in [-0.05, 0) is 73.3 Å². The topological polar surface area (TPSA) is 93.9 Å². The minimum Gasteiger partial charge on any atom is -0.489 e. The molecule has 0 fully saturated rings. The molecule has 0 spiro atoms. The summed E-state index contributed by atoms with van der Waals surface area (Å²) >= 11 is 5.58. The van der Waals surface area contributed by atoms with Gasteiger partial charge in [0.15, 0.2) is 0 Å². The molecule has 2 aromatic rings. The largest absolute Gasteiger partial charge is 0.489 e. The molecule has 0 atom stereocenters. The summed E-state index contributed by atoms with van der Waals surface area (Å²) in [6.07, 6.45) is 0. The molecule has 2 aromatic carbocycles. The fourth-order valence-corrected chi connectivity index (χ4v) is 3.31. The van der Waals surface area contributed by atoms with E-state index < -0.39 is 5.24 Å². The lowest BCUT2D eigenvalue weighted by molar-refractivity contribution is -0.106. The molecule has 29 heavy (non-hydrogen) atoms. The molecule has 0 aromatic heterocycles. The van der Waals surface area contributed by atoms with E-state index in [1.54, 1.807) is 19.0 Å². The van der Waals surface area contributed by atoms with Crippen molar-refractivity contribution in [3.8, 4) is 5.75 Å². The molecule has 2 rings (SSSR count). The standard InChI is InChI=1S/C22H27ClN4O2/c1-13-7-6-8-18(27(5)25)17(13)12-29-19-10-9-16(11-14(19)2)20(24)15(3)21(26-4)22(23)28/h6-11H,12,24-25H2,1-5H3. The molecule has 0 aliphatic heterocycles. The maximum absolute atomic E-state index is 11.5. The van der Waals surface area contributed by atoms with Crippen LogP contribution in [0.25, 0.3) is 5.70 Å². The molecule has 0 bridgehead atoms. The summed E-state index contributed by atoms with van der Waals surface area (Å²) in [7, 11) is 3.31. The van der Waals surface area contributed by atoms with Gasteiger partial charge in [-0.3, -0.25) is 9.79 Å². The van der Waals surface area contributed by atoms with Gasteiger partial charge in [-0.1, -0.05) is 12.1 Å². The average Bonchev–Trinajstić information content (AvgIpc) is 2.67. The van der Waals surface area contributed by atoms with Gasteiger partial charge in [0.25, 0.3) is 5.24 Å². The summed E-state index contributed by atoms with van der Waals surface area (Å²) in [5.74, 6) is 6.68. The number of carbonyl (C=O) groups excluding carboxylic acids is 1. The zero-order valence-corrected chi connectivity index (χ0v) is 18.2. The van der Waals surface area contributed by atoms with Gasteiger partial charge in [0, 0.05) is 30.9 Å². The van der Waals surface area contributed by atoms with E-state index >= 15 is 0 Å². The molecule has 0 saturated heterocycles. The number of benzene rings is 2. The Labute approximate surface area is 176 Å². The molecular formula is C22H27ClN4O2. The van der Waals surface area contributed by atoms with Gasteiger partial charge in [-0.25, -0.2) is 5.84 Å². The van der Waals surface area contributed by atoms with E-state index in [9.17, 15) is 4.79 Å². The van der Waals surface area contributed by atoms with Gasteiger partial charge in [-0.15, -0.1) is 0 Å². The van der Waals surface area contributed by atoms with Crippen LogP contribution in [0.15, 0.2) is 47.0 Å². The van der Waals surface area contributed by atoms with Crippen molar-refractivity contribution in [2.75, 3.05) is 19.1 Å². The van der Waals surface area contributed by atoms with Gasteiger partial charge in [0.05, 0.1) is 5.69 Å². The molecule has 0 amide bonds. The number of anilines is 1. The second-order valence-electron chi connectivity index (χ2n) is 6.84. The van der Waals surface area contributed by atoms with Crippen LogP contribution >= 0.6 is 11.6 Å². The molecule has 0 heterocycles. The van der Waals surface area contributed by atoms with Crippen LogP contribution < -0.4 is 21.3 Å². The monoisotopic (exact) mass is 414 g/mol. The number of nitrogens with two attached hydrogens (primary N) is 2. The Bertz CT molecular complexity index is 981. The van der Waals surface area contributed by atoms with Crippen LogP contribution in [0.5, 0.6) is 5.75 Å². The molecular weight excluding hydrogens is 388 g/mol. The minimum atomic E-state index is -0.636. The van der Waals surface area contributed by atoms with Crippen molar-refractivity contribution in [2.45, 2.75) is 27.4 Å². The van der Waals surface area contributed by atoms with E-state index in [4.69, 9.17) is 27.9 Å². The summed E-state index contributed by atoms with van der Waals surface area (Å²) in [5.41, 5.74) is 12.1. The van der Waals surface area contributed by atoms with Gasteiger partial charge < -0.3 is 15.5 Å². The van der Waals surface area contributed by atoms with E-state index in [0.717, 1.165) is 33.7 Å². The number of hydrogen-bond acceptors (Lipinski definition) is 6. The van der Waals surface area contributed by atoms with Gasteiger partial charge in [0.2, 0.25) is 0 Å². The SMILES string of the molecule is CN=C(C(=O)Cl)C(C)=C(N)c1ccc(OCc2c(C)cccc2N(C)N)c(C)c1.